The smallest absolute Gasteiger partial charge is 0.261 e. The fourth-order valence-electron chi connectivity index (χ4n) is 2.86. The molecule has 0 saturated carbocycles. The molecule has 6 heteroatoms. The molecular weight excluding hydrogens is 342 g/mol. The fraction of sp³-hybridized carbons (Fsp3) is 0.389. The predicted molar refractivity (Wildman–Crippen MR) is 101 cm³/mol. The summed E-state index contributed by atoms with van der Waals surface area (Å²) in [6, 6.07) is 9.71. The summed E-state index contributed by atoms with van der Waals surface area (Å²) in [5.74, 6) is 0.00603. The molecule has 2 aromatic rings. The Morgan fingerprint density at radius 1 is 1.33 bits per heavy atom. The summed E-state index contributed by atoms with van der Waals surface area (Å²) in [5.41, 5.74) is 2.17. The van der Waals surface area contributed by atoms with E-state index in [0.29, 0.717) is 11.6 Å². The van der Waals surface area contributed by atoms with Crippen LogP contribution in [-0.4, -0.2) is 50.1 Å². The van der Waals surface area contributed by atoms with Crippen molar-refractivity contribution < 1.29 is 4.79 Å². The summed E-state index contributed by atoms with van der Waals surface area (Å²) in [6.07, 6.45) is 0. The second kappa shape index (κ2) is 8.12. The van der Waals surface area contributed by atoms with Gasteiger partial charge in [0.25, 0.3) is 5.91 Å². The van der Waals surface area contributed by atoms with Crippen molar-refractivity contribution >= 4 is 28.8 Å². The lowest BCUT2D eigenvalue weighted by atomic mass is 10.1. The van der Waals surface area contributed by atoms with Gasteiger partial charge >= 0.3 is 0 Å². The number of piperazine rings is 1. The Morgan fingerprint density at radius 2 is 2.12 bits per heavy atom. The number of carbonyl (C=O) groups is 1. The first-order valence-corrected chi connectivity index (χ1v) is 9.40. The maximum atomic E-state index is 12.4. The largest absolute Gasteiger partial charge is 0.350 e. The molecule has 0 radical (unpaired) electrons. The van der Waals surface area contributed by atoms with Crippen molar-refractivity contribution in [2.75, 3.05) is 39.3 Å². The highest BCUT2D eigenvalue weighted by atomic mass is 35.5. The van der Waals surface area contributed by atoms with Crippen molar-refractivity contribution in [3.63, 3.8) is 0 Å². The lowest BCUT2D eigenvalue weighted by Crippen LogP contribution is -2.46. The molecule has 3 rings (SSSR count). The van der Waals surface area contributed by atoms with Crippen LogP contribution in [0.4, 0.5) is 0 Å². The average molecular weight is 364 g/mol. The van der Waals surface area contributed by atoms with E-state index in [2.05, 4.69) is 15.5 Å². The summed E-state index contributed by atoms with van der Waals surface area (Å²) in [4.78, 5) is 16.6. The Hall–Kier alpha value is -1.40. The third-order valence-electron chi connectivity index (χ3n) is 4.15. The molecule has 2 heterocycles. The number of nitrogens with one attached hydrogen (secondary N) is 2. The third kappa shape index (κ3) is 4.36. The number of aryl methyl sites for hydroxylation is 1. The van der Waals surface area contributed by atoms with Crippen LogP contribution in [0.2, 0.25) is 5.02 Å². The molecule has 1 fully saturated rings. The molecule has 1 aromatic carbocycles. The SMILES string of the molecule is Cc1cc(C(=O)NCCN2CCNCC2)sc1-c1cccc(Cl)c1. The van der Waals surface area contributed by atoms with E-state index in [1.54, 1.807) is 0 Å². The van der Waals surface area contributed by atoms with E-state index in [1.165, 1.54) is 11.3 Å². The predicted octanol–water partition coefficient (Wildman–Crippen LogP) is 3.01. The summed E-state index contributed by atoms with van der Waals surface area (Å²) in [7, 11) is 0. The molecule has 24 heavy (non-hydrogen) atoms. The van der Waals surface area contributed by atoms with E-state index < -0.39 is 0 Å². The normalized spacial score (nSPS) is 15.4. The van der Waals surface area contributed by atoms with E-state index in [9.17, 15) is 4.79 Å². The first-order valence-electron chi connectivity index (χ1n) is 8.21. The van der Waals surface area contributed by atoms with E-state index in [0.717, 1.165) is 53.6 Å². The standard InChI is InChI=1S/C18H22ClN3OS/c1-13-11-16(24-17(13)14-3-2-4-15(19)12-14)18(23)21-7-10-22-8-5-20-6-9-22/h2-4,11-12,20H,5-10H2,1H3,(H,21,23). The molecule has 0 aliphatic carbocycles. The number of carbonyl (C=O) groups excluding carboxylic acids is 1. The number of rotatable bonds is 5. The minimum atomic E-state index is 0.00603. The molecule has 0 atom stereocenters. The van der Waals surface area contributed by atoms with E-state index in [-0.39, 0.29) is 5.91 Å². The number of hydrogen-bond acceptors (Lipinski definition) is 4. The quantitative estimate of drug-likeness (QED) is 0.858. The number of amides is 1. The van der Waals surface area contributed by atoms with Gasteiger partial charge in [-0.25, -0.2) is 0 Å². The summed E-state index contributed by atoms with van der Waals surface area (Å²) < 4.78 is 0. The van der Waals surface area contributed by atoms with Gasteiger partial charge in [0.1, 0.15) is 0 Å². The summed E-state index contributed by atoms with van der Waals surface area (Å²) >= 11 is 7.60. The number of halogens is 1. The van der Waals surface area contributed by atoms with Gasteiger partial charge in [0.2, 0.25) is 0 Å². The molecule has 0 spiro atoms. The van der Waals surface area contributed by atoms with Gasteiger partial charge in [-0.1, -0.05) is 23.7 Å². The van der Waals surface area contributed by atoms with Crippen LogP contribution >= 0.6 is 22.9 Å². The Kier molecular flexibility index (Phi) is 5.89. The number of benzene rings is 1. The van der Waals surface area contributed by atoms with Crippen molar-refractivity contribution in [1.29, 1.82) is 0 Å². The van der Waals surface area contributed by atoms with E-state index in [4.69, 9.17) is 11.6 Å². The molecule has 128 valence electrons. The van der Waals surface area contributed by atoms with Gasteiger partial charge in [-0.2, -0.15) is 0 Å². The first-order chi connectivity index (χ1) is 11.6. The molecular formula is C18H22ClN3OS. The Morgan fingerprint density at radius 3 is 2.88 bits per heavy atom. The van der Waals surface area contributed by atoms with Gasteiger partial charge in [0, 0.05) is 49.2 Å². The lowest BCUT2D eigenvalue weighted by molar-refractivity contribution is 0.0951. The Balaban J connectivity index is 1.60. The van der Waals surface area contributed by atoms with Gasteiger partial charge in [-0.15, -0.1) is 11.3 Å². The highest BCUT2D eigenvalue weighted by Gasteiger charge is 2.14. The molecule has 0 bridgehead atoms. The Labute approximate surface area is 151 Å². The highest BCUT2D eigenvalue weighted by molar-refractivity contribution is 7.17. The Bertz CT molecular complexity index is 710. The zero-order valence-electron chi connectivity index (χ0n) is 13.8. The van der Waals surface area contributed by atoms with Crippen LogP contribution < -0.4 is 10.6 Å². The maximum Gasteiger partial charge on any atom is 0.261 e. The van der Waals surface area contributed by atoms with Crippen LogP contribution in [0.1, 0.15) is 15.2 Å². The van der Waals surface area contributed by atoms with Crippen LogP contribution in [-0.2, 0) is 0 Å². The molecule has 1 aliphatic heterocycles. The molecule has 1 aliphatic rings. The van der Waals surface area contributed by atoms with Crippen LogP contribution in [0.15, 0.2) is 30.3 Å². The molecule has 0 unspecified atom stereocenters. The van der Waals surface area contributed by atoms with Gasteiger partial charge in [0.05, 0.1) is 4.88 Å². The van der Waals surface area contributed by atoms with Gasteiger partial charge < -0.3 is 10.6 Å². The molecule has 1 aromatic heterocycles. The monoisotopic (exact) mass is 363 g/mol. The summed E-state index contributed by atoms with van der Waals surface area (Å²) in [5, 5.41) is 7.07. The van der Waals surface area contributed by atoms with Crippen molar-refractivity contribution in [2.45, 2.75) is 6.92 Å². The van der Waals surface area contributed by atoms with Crippen LogP contribution in [0.3, 0.4) is 0 Å². The second-order valence-electron chi connectivity index (χ2n) is 5.98. The third-order valence-corrected chi connectivity index (χ3v) is 5.67. The van der Waals surface area contributed by atoms with Gasteiger partial charge in [-0.05, 0) is 36.2 Å². The number of nitrogens with zero attached hydrogens (tertiary/aromatic N) is 1. The number of thiophene rings is 1. The maximum absolute atomic E-state index is 12.4. The average Bonchev–Trinajstić information content (AvgIpc) is 2.98. The van der Waals surface area contributed by atoms with Crippen molar-refractivity contribution in [3.8, 4) is 10.4 Å². The second-order valence-corrected chi connectivity index (χ2v) is 7.47. The molecule has 2 N–H and O–H groups in total. The topological polar surface area (TPSA) is 44.4 Å². The van der Waals surface area contributed by atoms with Crippen molar-refractivity contribution in [3.05, 3.63) is 45.8 Å². The first kappa shape index (κ1) is 17.4. The minimum absolute atomic E-state index is 0.00603. The van der Waals surface area contributed by atoms with E-state index >= 15 is 0 Å². The molecule has 4 nitrogen and oxygen atoms in total. The zero-order chi connectivity index (χ0) is 16.9. The zero-order valence-corrected chi connectivity index (χ0v) is 15.3. The highest BCUT2D eigenvalue weighted by Crippen LogP contribution is 2.33. The van der Waals surface area contributed by atoms with E-state index in [1.807, 2.05) is 37.3 Å². The van der Waals surface area contributed by atoms with Crippen LogP contribution in [0.5, 0.6) is 0 Å². The van der Waals surface area contributed by atoms with Gasteiger partial charge in [-0.3, -0.25) is 9.69 Å². The minimum Gasteiger partial charge on any atom is -0.350 e. The van der Waals surface area contributed by atoms with Crippen LogP contribution in [0.25, 0.3) is 10.4 Å². The number of hydrogen-bond donors (Lipinski definition) is 2. The molecule has 1 amide bonds. The van der Waals surface area contributed by atoms with Crippen molar-refractivity contribution in [1.82, 2.24) is 15.5 Å². The van der Waals surface area contributed by atoms with Crippen molar-refractivity contribution in [2.24, 2.45) is 0 Å². The summed E-state index contributed by atoms with van der Waals surface area (Å²) in [6.45, 7) is 7.77. The molecule has 1 saturated heterocycles. The lowest BCUT2D eigenvalue weighted by Gasteiger charge is -2.26. The van der Waals surface area contributed by atoms with Gasteiger partial charge in [0.15, 0.2) is 0 Å². The fourth-order valence-corrected chi connectivity index (χ4v) is 4.14. The van der Waals surface area contributed by atoms with Crippen LogP contribution in [0, 0.1) is 6.92 Å².